The molecule has 0 aliphatic rings. The molecular formula is C48H30O. The molecule has 0 unspecified atom stereocenters. The second-order valence-electron chi connectivity index (χ2n) is 12.8. The van der Waals surface area contributed by atoms with Crippen molar-refractivity contribution in [3.63, 3.8) is 0 Å². The van der Waals surface area contributed by atoms with E-state index in [-0.39, 0.29) is 0 Å². The fraction of sp³-hybridized carbons (Fsp3) is 0. The van der Waals surface area contributed by atoms with Crippen molar-refractivity contribution in [2.24, 2.45) is 0 Å². The van der Waals surface area contributed by atoms with Gasteiger partial charge in [-0.3, -0.25) is 0 Å². The quantitative estimate of drug-likeness (QED) is 0.178. The van der Waals surface area contributed by atoms with Gasteiger partial charge < -0.3 is 4.42 Å². The van der Waals surface area contributed by atoms with Gasteiger partial charge >= 0.3 is 0 Å². The molecule has 0 bridgehead atoms. The Hall–Kier alpha value is -6.44. The van der Waals surface area contributed by atoms with E-state index in [1.807, 2.05) is 0 Å². The van der Waals surface area contributed by atoms with E-state index in [9.17, 15) is 0 Å². The van der Waals surface area contributed by atoms with Crippen LogP contribution in [0, 0.1) is 0 Å². The second-order valence-corrected chi connectivity index (χ2v) is 12.8. The molecule has 0 fully saturated rings. The average molecular weight is 623 g/mol. The van der Waals surface area contributed by atoms with Crippen molar-refractivity contribution in [2.75, 3.05) is 0 Å². The highest BCUT2D eigenvalue weighted by atomic mass is 16.3. The van der Waals surface area contributed by atoms with Crippen LogP contribution in [0.4, 0.5) is 0 Å². The predicted octanol–water partition coefficient (Wildman–Crippen LogP) is 13.7. The summed E-state index contributed by atoms with van der Waals surface area (Å²) in [5, 5.41) is 9.58. The summed E-state index contributed by atoms with van der Waals surface area (Å²) in [7, 11) is 0. The summed E-state index contributed by atoms with van der Waals surface area (Å²) in [6.45, 7) is 0. The number of benzene rings is 9. The SMILES string of the molecule is c1ccc(-c2ccc(-c3c4ccccc4c(-c4ccc5oc6c7ccccc7ccc6c5c4)c4ccccc34)cc2-c2ccccc2)cc1. The normalized spacial score (nSPS) is 11.7. The minimum atomic E-state index is 0.910. The van der Waals surface area contributed by atoms with Gasteiger partial charge in [0, 0.05) is 16.2 Å². The van der Waals surface area contributed by atoms with Crippen molar-refractivity contribution < 1.29 is 4.42 Å². The van der Waals surface area contributed by atoms with Gasteiger partial charge in [-0.05, 0) is 95.7 Å². The van der Waals surface area contributed by atoms with Gasteiger partial charge in [-0.25, -0.2) is 0 Å². The highest BCUT2D eigenvalue weighted by Crippen LogP contribution is 2.46. The number of hydrogen-bond donors (Lipinski definition) is 0. The molecule has 10 aromatic rings. The van der Waals surface area contributed by atoms with E-state index in [2.05, 4.69) is 182 Å². The van der Waals surface area contributed by atoms with Crippen LogP contribution in [-0.4, -0.2) is 0 Å². The number of rotatable bonds is 4. The molecule has 1 heterocycles. The fourth-order valence-corrected chi connectivity index (χ4v) is 7.84. The summed E-state index contributed by atoms with van der Waals surface area (Å²) in [6.07, 6.45) is 0. The van der Waals surface area contributed by atoms with E-state index in [0.717, 1.165) is 27.3 Å². The molecule has 1 aromatic heterocycles. The average Bonchev–Trinajstić information content (AvgIpc) is 3.56. The van der Waals surface area contributed by atoms with E-state index >= 15 is 0 Å². The topological polar surface area (TPSA) is 13.1 Å². The third-order valence-electron chi connectivity index (χ3n) is 10.1. The van der Waals surface area contributed by atoms with E-state index in [1.54, 1.807) is 0 Å². The van der Waals surface area contributed by atoms with Gasteiger partial charge in [-0.1, -0.05) is 158 Å². The Morgan fingerprint density at radius 3 is 1.43 bits per heavy atom. The van der Waals surface area contributed by atoms with Crippen LogP contribution in [0.15, 0.2) is 186 Å². The first kappa shape index (κ1) is 27.7. The minimum Gasteiger partial charge on any atom is -0.455 e. The molecular weight excluding hydrogens is 593 g/mol. The summed E-state index contributed by atoms with van der Waals surface area (Å²) >= 11 is 0. The molecule has 0 saturated carbocycles. The number of hydrogen-bond acceptors (Lipinski definition) is 1. The molecule has 0 N–H and O–H groups in total. The zero-order valence-electron chi connectivity index (χ0n) is 26.7. The summed E-state index contributed by atoms with van der Waals surface area (Å²) in [6, 6.07) is 65.8. The van der Waals surface area contributed by atoms with Crippen LogP contribution in [0.3, 0.4) is 0 Å². The molecule has 0 aliphatic carbocycles. The second kappa shape index (κ2) is 11.1. The Kier molecular flexibility index (Phi) is 6.25. The standard InChI is InChI=1S/C48H30O/c1-3-13-31(14-4-1)36-26-24-34(29-43(36)32-15-5-2-6-16-32)46-38-19-9-11-21-40(38)47(41-22-12-10-20-39(41)46)35-25-28-45-44(30-35)42-27-23-33-17-7-8-18-37(33)48(42)49-45/h1-30H. The zero-order valence-corrected chi connectivity index (χ0v) is 26.7. The molecule has 49 heavy (non-hydrogen) atoms. The van der Waals surface area contributed by atoms with Crippen molar-refractivity contribution in [1.29, 1.82) is 0 Å². The van der Waals surface area contributed by atoms with Gasteiger partial charge in [-0.15, -0.1) is 0 Å². The monoisotopic (exact) mass is 622 g/mol. The van der Waals surface area contributed by atoms with Crippen LogP contribution < -0.4 is 0 Å². The molecule has 0 amide bonds. The van der Waals surface area contributed by atoms with E-state index < -0.39 is 0 Å². The molecule has 0 saturated heterocycles. The predicted molar refractivity (Wildman–Crippen MR) is 208 cm³/mol. The van der Waals surface area contributed by atoms with Crippen LogP contribution in [0.2, 0.25) is 0 Å². The van der Waals surface area contributed by atoms with Gasteiger partial charge in [0.05, 0.1) is 0 Å². The highest BCUT2D eigenvalue weighted by molar-refractivity contribution is 6.23. The van der Waals surface area contributed by atoms with Gasteiger partial charge in [0.15, 0.2) is 0 Å². The zero-order chi connectivity index (χ0) is 32.3. The van der Waals surface area contributed by atoms with Crippen molar-refractivity contribution >= 4 is 54.3 Å². The van der Waals surface area contributed by atoms with Crippen LogP contribution in [0.25, 0.3) is 98.8 Å². The summed E-state index contributed by atoms with van der Waals surface area (Å²) in [5.74, 6) is 0. The summed E-state index contributed by atoms with van der Waals surface area (Å²) in [5.41, 5.74) is 11.6. The fourth-order valence-electron chi connectivity index (χ4n) is 7.84. The van der Waals surface area contributed by atoms with Crippen molar-refractivity contribution in [3.05, 3.63) is 182 Å². The number of fused-ring (bicyclic) bond motifs is 7. The van der Waals surface area contributed by atoms with Crippen LogP contribution in [0.1, 0.15) is 0 Å². The lowest BCUT2D eigenvalue weighted by Gasteiger charge is -2.19. The maximum absolute atomic E-state index is 6.50. The van der Waals surface area contributed by atoms with E-state index in [0.29, 0.717) is 0 Å². The lowest BCUT2D eigenvalue weighted by Crippen LogP contribution is -1.92. The van der Waals surface area contributed by atoms with Gasteiger partial charge in [0.1, 0.15) is 11.2 Å². The highest BCUT2D eigenvalue weighted by Gasteiger charge is 2.19. The Morgan fingerprint density at radius 1 is 0.286 bits per heavy atom. The maximum Gasteiger partial charge on any atom is 0.143 e. The largest absolute Gasteiger partial charge is 0.455 e. The van der Waals surface area contributed by atoms with Crippen LogP contribution in [-0.2, 0) is 0 Å². The van der Waals surface area contributed by atoms with E-state index in [1.165, 1.54) is 71.4 Å². The molecule has 0 aliphatic heterocycles. The summed E-state index contributed by atoms with van der Waals surface area (Å²) in [4.78, 5) is 0. The third kappa shape index (κ3) is 4.40. The Bertz CT molecular complexity index is 2800. The lowest BCUT2D eigenvalue weighted by molar-refractivity contribution is 0.672. The first-order valence-corrected chi connectivity index (χ1v) is 16.8. The minimum absolute atomic E-state index is 0.910. The number of furan rings is 1. The third-order valence-corrected chi connectivity index (χ3v) is 10.1. The van der Waals surface area contributed by atoms with Gasteiger partial charge in [-0.2, -0.15) is 0 Å². The summed E-state index contributed by atoms with van der Waals surface area (Å²) < 4.78 is 6.50. The first-order valence-electron chi connectivity index (χ1n) is 16.8. The Morgan fingerprint density at radius 2 is 0.796 bits per heavy atom. The lowest BCUT2D eigenvalue weighted by atomic mass is 9.84. The smallest absolute Gasteiger partial charge is 0.143 e. The van der Waals surface area contributed by atoms with Crippen LogP contribution in [0.5, 0.6) is 0 Å². The Labute approximate surface area is 284 Å². The maximum atomic E-state index is 6.50. The molecule has 228 valence electrons. The Balaban J connectivity index is 1.24. The molecule has 9 aromatic carbocycles. The molecule has 1 nitrogen and oxygen atoms in total. The first-order chi connectivity index (χ1) is 24.3. The van der Waals surface area contributed by atoms with Crippen molar-refractivity contribution in [3.8, 4) is 44.5 Å². The van der Waals surface area contributed by atoms with Gasteiger partial charge in [0.25, 0.3) is 0 Å². The molecule has 0 spiro atoms. The van der Waals surface area contributed by atoms with Crippen LogP contribution >= 0.6 is 0 Å². The van der Waals surface area contributed by atoms with E-state index in [4.69, 9.17) is 4.42 Å². The van der Waals surface area contributed by atoms with Crippen molar-refractivity contribution in [1.82, 2.24) is 0 Å². The van der Waals surface area contributed by atoms with Crippen molar-refractivity contribution in [2.45, 2.75) is 0 Å². The molecule has 0 atom stereocenters. The van der Waals surface area contributed by atoms with Gasteiger partial charge in [0.2, 0.25) is 0 Å². The molecule has 1 heteroatoms. The molecule has 10 rings (SSSR count). The molecule has 0 radical (unpaired) electrons.